The van der Waals surface area contributed by atoms with Crippen LogP contribution in [0, 0.1) is 6.92 Å². The van der Waals surface area contributed by atoms with Crippen LogP contribution in [-0.4, -0.2) is 18.5 Å². The van der Waals surface area contributed by atoms with Gasteiger partial charge in [-0.3, -0.25) is 4.79 Å². The molecule has 0 bridgehead atoms. The smallest absolute Gasteiger partial charge is 0.241 e. The third-order valence-electron chi connectivity index (χ3n) is 3.20. The van der Waals surface area contributed by atoms with Crippen LogP contribution in [0.3, 0.4) is 0 Å². The number of carbonyl (C=O) groups is 1. The van der Waals surface area contributed by atoms with Gasteiger partial charge in [-0.1, -0.05) is 30.5 Å². The number of benzene rings is 1. The molecule has 2 rings (SSSR count). The molecule has 3 heteroatoms. The molecule has 1 amide bonds. The van der Waals surface area contributed by atoms with Gasteiger partial charge in [-0.2, -0.15) is 0 Å². The lowest BCUT2D eigenvalue weighted by Crippen LogP contribution is -2.39. The van der Waals surface area contributed by atoms with E-state index in [1.54, 1.807) is 0 Å². The zero-order chi connectivity index (χ0) is 12.1. The summed E-state index contributed by atoms with van der Waals surface area (Å²) in [7, 11) is 0. The van der Waals surface area contributed by atoms with E-state index in [2.05, 4.69) is 10.6 Å². The maximum absolute atomic E-state index is 12.0. The predicted molar refractivity (Wildman–Crippen MR) is 70.1 cm³/mol. The molecule has 3 nitrogen and oxygen atoms in total. The minimum Gasteiger partial charge on any atom is -0.325 e. The van der Waals surface area contributed by atoms with Gasteiger partial charge in [0.1, 0.15) is 0 Å². The van der Waals surface area contributed by atoms with Crippen LogP contribution in [0.1, 0.15) is 31.2 Å². The number of aryl methyl sites for hydroxylation is 1. The first-order chi connectivity index (χ1) is 8.25. The van der Waals surface area contributed by atoms with Gasteiger partial charge in [0.25, 0.3) is 0 Å². The van der Waals surface area contributed by atoms with Crippen molar-refractivity contribution in [2.45, 2.75) is 38.6 Å². The zero-order valence-corrected chi connectivity index (χ0v) is 10.3. The van der Waals surface area contributed by atoms with Gasteiger partial charge in [-0.25, -0.2) is 0 Å². The lowest BCUT2D eigenvalue weighted by Gasteiger charge is -2.15. The first kappa shape index (κ1) is 12.1. The molecule has 92 valence electrons. The van der Waals surface area contributed by atoms with Gasteiger partial charge in [0.15, 0.2) is 0 Å². The van der Waals surface area contributed by atoms with E-state index in [-0.39, 0.29) is 11.9 Å². The van der Waals surface area contributed by atoms with Crippen molar-refractivity contribution in [3.63, 3.8) is 0 Å². The number of rotatable bonds is 2. The van der Waals surface area contributed by atoms with Crippen molar-refractivity contribution in [3.05, 3.63) is 29.8 Å². The Morgan fingerprint density at radius 1 is 1.24 bits per heavy atom. The number of nitrogens with one attached hydrogen (secondary N) is 2. The SMILES string of the molecule is Cc1ccc(NC(=O)[C@@H]2CCCCCN2)cc1. The third kappa shape index (κ3) is 3.56. The van der Waals surface area contributed by atoms with Crippen molar-refractivity contribution in [2.24, 2.45) is 0 Å². The molecule has 1 saturated heterocycles. The molecule has 0 spiro atoms. The molecule has 1 aromatic carbocycles. The summed E-state index contributed by atoms with van der Waals surface area (Å²) in [6, 6.07) is 7.89. The van der Waals surface area contributed by atoms with E-state index in [1.165, 1.54) is 18.4 Å². The van der Waals surface area contributed by atoms with Gasteiger partial charge in [-0.15, -0.1) is 0 Å². The van der Waals surface area contributed by atoms with E-state index in [0.717, 1.165) is 25.1 Å². The Hall–Kier alpha value is -1.35. The summed E-state index contributed by atoms with van der Waals surface area (Å²) in [5.41, 5.74) is 2.09. The minimum absolute atomic E-state index is 0.0289. The van der Waals surface area contributed by atoms with Crippen LogP contribution in [0.4, 0.5) is 5.69 Å². The highest BCUT2D eigenvalue weighted by atomic mass is 16.2. The van der Waals surface area contributed by atoms with Crippen LogP contribution < -0.4 is 10.6 Å². The fourth-order valence-corrected chi connectivity index (χ4v) is 2.12. The molecule has 1 aromatic rings. The summed E-state index contributed by atoms with van der Waals surface area (Å²) in [5, 5.41) is 6.27. The van der Waals surface area contributed by atoms with Crippen molar-refractivity contribution >= 4 is 11.6 Å². The molecule has 0 aliphatic carbocycles. The average Bonchev–Trinajstić information content (AvgIpc) is 2.61. The fourth-order valence-electron chi connectivity index (χ4n) is 2.12. The van der Waals surface area contributed by atoms with Crippen LogP contribution in [-0.2, 0) is 4.79 Å². The van der Waals surface area contributed by atoms with E-state index in [9.17, 15) is 4.79 Å². The van der Waals surface area contributed by atoms with E-state index in [0.29, 0.717) is 0 Å². The summed E-state index contributed by atoms with van der Waals surface area (Å²) >= 11 is 0. The molecule has 1 aliphatic heterocycles. The highest BCUT2D eigenvalue weighted by molar-refractivity contribution is 5.94. The summed E-state index contributed by atoms with van der Waals surface area (Å²) < 4.78 is 0. The quantitative estimate of drug-likeness (QED) is 0.822. The third-order valence-corrected chi connectivity index (χ3v) is 3.20. The number of hydrogen-bond donors (Lipinski definition) is 2. The molecule has 0 aromatic heterocycles. The Labute approximate surface area is 103 Å². The highest BCUT2D eigenvalue weighted by Crippen LogP contribution is 2.12. The van der Waals surface area contributed by atoms with E-state index in [1.807, 2.05) is 31.2 Å². The standard InChI is InChI=1S/C14H20N2O/c1-11-6-8-12(9-7-11)16-14(17)13-5-3-2-4-10-15-13/h6-9,13,15H,2-5,10H2,1H3,(H,16,17)/t13-/m0/s1. The number of amides is 1. The first-order valence-corrected chi connectivity index (χ1v) is 6.36. The Morgan fingerprint density at radius 2 is 2.00 bits per heavy atom. The molecule has 0 radical (unpaired) electrons. The van der Waals surface area contributed by atoms with Gasteiger partial charge in [-0.05, 0) is 38.4 Å². The summed E-state index contributed by atoms with van der Waals surface area (Å²) in [5.74, 6) is 0.0933. The molecule has 1 heterocycles. The molecule has 0 unspecified atom stereocenters. The summed E-state index contributed by atoms with van der Waals surface area (Å²) in [6.45, 7) is 2.99. The van der Waals surface area contributed by atoms with Crippen molar-refractivity contribution < 1.29 is 4.79 Å². The van der Waals surface area contributed by atoms with E-state index in [4.69, 9.17) is 0 Å². The largest absolute Gasteiger partial charge is 0.325 e. The van der Waals surface area contributed by atoms with Crippen molar-refractivity contribution in [1.82, 2.24) is 5.32 Å². The van der Waals surface area contributed by atoms with E-state index >= 15 is 0 Å². The number of hydrogen-bond acceptors (Lipinski definition) is 2. The molecule has 17 heavy (non-hydrogen) atoms. The predicted octanol–water partition coefficient (Wildman–Crippen LogP) is 2.47. The Morgan fingerprint density at radius 3 is 2.76 bits per heavy atom. The fraction of sp³-hybridized carbons (Fsp3) is 0.500. The van der Waals surface area contributed by atoms with Gasteiger partial charge in [0, 0.05) is 5.69 Å². The Bertz CT molecular complexity index is 364. The van der Waals surface area contributed by atoms with Crippen molar-refractivity contribution in [2.75, 3.05) is 11.9 Å². The molecule has 2 N–H and O–H groups in total. The van der Waals surface area contributed by atoms with Gasteiger partial charge < -0.3 is 10.6 Å². The second kappa shape index (κ2) is 5.82. The molecule has 1 atom stereocenters. The summed E-state index contributed by atoms with van der Waals surface area (Å²) in [6.07, 6.45) is 4.48. The number of anilines is 1. The van der Waals surface area contributed by atoms with Crippen LogP contribution >= 0.6 is 0 Å². The van der Waals surface area contributed by atoms with Gasteiger partial charge >= 0.3 is 0 Å². The number of carbonyl (C=O) groups excluding carboxylic acids is 1. The average molecular weight is 232 g/mol. The van der Waals surface area contributed by atoms with Gasteiger partial charge in [0.2, 0.25) is 5.91 Å². The molecule has 1 aliphatic rings. The monoisotopic (exact) mass is 232 g/mol. The lowest BCUT2D eigenvalue weighted by molar-refractivity contribution is -0.118. The molecule has 1 fully saturated rings. The second-order valence-electron chi connectivity index (χ2n) is 4.71. The van der Waals surface area contributed by atoms with Crippen molar-refractivity contribution in [1.29, 1.82) is 0 Å². The Balaban J connectivity index is 1.93. The molecular weight excluding hydrogens is 212 g/mol. The molecular formula is C14H20N2O. The van der Waals surface area contributed by atoms with Gasteiger partial charge in [0.05, 0.1) is 6.04 Å². The first-order valence-electron chi connectivity index (χ1n) is 6.36. The topological polar surface area (TPSA) is 41.1 Å². The molecule has 0 saturated carbocycles. The lowest BCUT2D eigenvalue weighted by atomic mass is 10.1. The summed E-state index contributed by atoms with van der Waals surface area (Å²) in [4.78, 5) is 12.0. The highest BCUT2D eigenvalue weighted by Gasteiger charge is 2.19. The zero-order valence-electron chi connectivity index (χ0n) is 10.3. The van der Waals surface area contributed by atoms with Crippen LogP contribution in [0.25, 0.3) is 0 Å². The minimum atomic E-state index is -0.0289. The van der Waals surface area contributed by atoms with Crippen molar-refractivity contribution in [3.8, 4) is 0 Å². The normalized spacial score (nSPS) is 20.6. The maximum atomic E-state index is 12.0. The second-order valence-corrected chi connectivity index (χ2v) is 4.71. The Kier molecular flexibility index (Phi) is 4.15. The van der Waals surface area contributed by atoms with E-state index < -0.39 is 0 Å². The van der Waals surface area contributed by atoms with Crippen LogP contribution in [0.15, 0.2) is 24.3 Å². The maximum Gasteiger partial charge on any atom is 0.241 e. The van der Waals surface area contributed by atoms with Crippen LogP contribution in [0.2, 0.25) is 0 Å². The van der Waals surface area contributed by atoms with Crippen LogP contribution in [0.5, 0.6) is 0 Å².